The Morgan fingerprint density at radius 3 is 2.60 bits per heavy atom. The van der Waals surface area contributed by atoms with Gasteiger partial charge >= 0.3 is 0 Å². The third-order valence-corrected chi connectivity index (χ3v) is 8.95. The smallest absolute Gasteiger partial charge is 0.245 e. The van der Waals surface area contributed by atoms with Gasteiger partial charge in [0, 0.05) is 31.0 Å². The molecule has 0 aliphatic carbocycles. The van der Waals surface area contributed by atoms with E-state index in [2.05, 4.69) is 31.6 Å². The minimum absolute atomic E-state index is 0.0161. The van der Waals surface area contributed by atoms with Crippen molar-refractivity contribution >= 4 is 47.0 Å². The zero-order valence-corrected chi connectivity index (χ0v) is 29.1. The van der Waals surface area contributed by atoms with E-state index in [0.29, 0.717) is 55.1 Å². The van der Waals surface area contributed by atoms with Crippen LogP contribution in [-0.4, -0.2) is 99.2 Å². The Morgan fingerprint density at radius 2 is 1.86 bits per heavy atom. The predicted octanol–water partition coefficient (Wildman–Crippen LogP) is -0.0323. The van der Waals surface area contributed by atoms with E-state index in [1.54, 1.807) is 28.9 Å². The molecule has 50 heavy (non-hydrogen) atoms. The molecule has 272 valence electrons. The average Bonchev–Trinajstić information content (AvgIpc) is 3.75. The number of ether oxygens (including phenoxy) is 1. The lowest BCUT2D eigenvalue weighted by Crippen LogP contribution is -2.59. The summed E-state index contributed by atoms with van der Waals surface area (Å²) >= 11 is 6.43. The van der Waals surface area contributed by atoms with Crippen molar-refractivity contribution in [1.82, 2.24) is 41.2 Å². The number of halogens is 1. The number of aryl methyl sites for hydroxylation is 1. The summed E-state index contributed by atoms with van der Waals surface area (Å²) in [4.78, 5) is 80.6. The van der Waals surface area contributed by atoms with Crippen LogP contribution in [0.5, 0.6) is 0 Å². The zero-order valence-electron chi connectivity index (χ0n) is 28.4. The molecule has 3 heterocycles. The van der Waals surface area contributed by atoms with E-state index in [9.17, 15) is 28.8 Å². The van der Waals surface area contributed by atoms with Crippen LogP contribution in [0.1, 0.15) is 63.6 Å². The maximum atomic E-state index is 14.0. The summed E-state index contributed by atoms with van der Waals surface area (Å²) in [5.74, 6) is -3.40. The normalized spacial score (nSPS) is 22.3. The Bertz CT molecular complexity index is 1530. The second-order valence-electron chi connectivity index (χ2n) is 13.0. The number of hydrogen-bond donors (Lipinski definition) is 5. The first-order chi connectivity index (χ1) is 23.9. The highest BCUT2D eigenvalue weighted by atomic mass is 35.5. The molecule has 1 saturated heterocycles. The number of nitrogens with two attached hydrogens (primary N) is 1. The molecule has 4 atom stereocenters. The minimum atomic E-state index is -1.30. The van der Waals surface area contributed by atoms with Gasteiger partial charge in [-0.05, 0) is 49.7 Å². The van der Waals surface area contributed by atoms with Gasteiger partial charge in [-0.15, -0.1) is 5.10 Å². The molecule has 4 rings (SSSR count). The van der Waals surface area contributed by atoms with Crippen molar-refractivity contribution in [2.24, 2.45) is 11.7 Å². The third kappa shape index (κ3) is 11.0. The van der Waals surface area contributed by atoms with Crippen LogP contribution in [0.15, 0.2) is 30.5 Å². The van der Waals surface area contributed by atoms with Crippen LogP contribution in [0.4, 0.5) is 0 Å². The second kappa shape index (κ2) is 18.4. The number of carbonyl (C=O) groups excluding carboxylic acids is 6. The van der Waals surface area contributed by atoms with E-state index >= 15 is 0 Å². The molecule has 16 nitrogen and oxygen atoms in total. The van der Waals surface area contributed by atoms with Crippen molar-refractivity contribution < 1.29 is 33.5 Å². The van der Waals surface area contributed by atoms with Gasteiger partial charge < -0.3 is 36.6 Å². The molecule has 17 heteroatoms. The molecule has 0 unspecified atom stereocenters. The van der Waals surface area contributed by atoms with Gasteiger partial charge in [-0.3, -0.25) is 28.8 Å². The van der Waals surface area contributed by atoms with Crippen molar-refractivity contribution in [1.29, 1.82) is 0 Å². The maximum absolute atomic E-state index is 14.0. The van der Waals surface area contributed by atoms with E-state index < -0.39 is 53.7 Å². The summed E-state index contributed by atoms with van der Waals surface area (Å²) in [6, 6.07) is 2.43. The monoisotopic (exact) mass is 715 g/mol. The Kier molecular flexibility index (Phi) is 14.1. The molecule has 1 aromatic heterocycles. The van der Waals surface area contributed by atoms with Gasteiger partial charge in [0.2, 0.25) is 35.4 Å². The van der Waals surface area contributed by atoms with E-state index in [1.165, 1.54) is 11.1 Å². The van der Waals surface area contributed by atoms with E-state index in [-0.39, 0.29) is 50.8 Å². The molecule has 0 saturated carbocycles. The molecule has 0 radical (unpaired) electrons. The number of carbonyl (C=O) groups is 6. The molecule has 2 aliphatic heterocycles. The van der Waals surface area contributed by atoms with Gasteiger partial charge in [0.1, 0.15) is 24.2 Å². The minimum Gasteiger partial charge on any atom is -0.372 e. The summed E-state index contributed by atoms with van der Waals surface area (Å²) in [7, 11) is 0. The van der Waals surface area contributed by atoms with Crippen LogP contribution in [0.2, 0.25) is 5.02 Å². The van der Waals surface area contributed by atoms with Crippen LogP contribution in [0.3, 0.4) is 0 Å². The fourth-order valence-electron chi connectivity index (χ4n) is 5.92. The fraction of sp³-hybridized carbons (Fsp3) is 0.576. The maximum Gasteiger partial charge on any atom is 0.245 e. The van der Waals surface area contributed by atoms with Gasteiger partial charge in [0.15, 0.2) is 0 Å². The van der Waals surface area contributed by atoms with Gasteiger partial charge in [0.05, 0.1) is 31.6 Å². The van der Waals surface area contributed by atoms with Gasteiger partial charge in [-0.2, -0.15) is 0 Å². The lowest BCUT2D eigenvalue weighted by atomic mass is 10.0. The van der Waals surface area contributed by atoms with Crippen LogP contribution < -0.4 is 27.0 Å². The first kappa shape index (κ1) is 38.2. The van der Waals surface area contributed by atoms with E-state index in [0.717, 1.165) is 0 Å². The summed E-state index contributed by atoms with van der Waals surface area (Å²) in [6.07, 6.45) is 3.96. The Balaban J connectivity index is 1.63. The van der Waals surface area contributed by atoms with Crippen LogP contribution in [0, 0.1) is 5.92 Å². The SMILES string of the molecule is CC(C)C[C@H](NC(=O)[C@@H]1COCc2cnnn2CCCCC(=O)NCC(=O)N2CCC[C@H]2C(=O)N[C@@H](Cc2ccccc2Cl)C(=O)N1)C(N)=O. The number of amides is 6. The second-order valence-corrected chi connectivity index (χ2v) is 13.4. The number of hydrogen-bond acceptors (Lipinski definition) is 9. The van der Waals surface area contributed by atoms with Crippen molar-refractivity contribution in [3.05, 3.63) is 46.7 Å². The predicted molar refractivity (Wildman–Crippen MR) is 181 cm³/mol. The molecular weight excluding hydrogens is 670 g/mol. The summed E-state index contributed by atoms with van der Waals surface area (Å²) in [6.45, 7) is 3.91. The first-order valence-corrected chi connectivity index (χ1v) is 17.3. The van der Waals surface area contributed by atoms with Crippen molar-refractivity contribution in [3.8, 4) is 0 Å². The molecule has 0 bridgehead atoms. The largest absolute Gasteiger partial charge is 0.372 e. The van der Waals surface area contributed by atoms with Gasteiger partial charge in [-0.1, -0.05) is 48.9 Å². The topological polar surface area (TPSA) is 220 Å². The Morgan fingerprint density at radius 1 is 1.08 bits per heavy atom. The number of nitrogens with zero attached hydrogens (tertiary/aromatic N) is 4. The quantitative estimate of drug-likeness (QED) is 0.259. The van der Waals surface area contributed by atoms with E-state index in [1.807, 2.05) is 13.8 Å². The number of fused-ring (bicyclic) bond motifs is 2. The number of nitrogens with one attached hydrogen (secondary N) is 4. The first-order valence-electron chi connectivity index (χ1n) is 16.9. The number of aromatic nitrogens is 3. The molecule has 6 amide bonds. The zero-order chi connectivity index (χ0) is 36.2. The molecule has 1 aromatic carbocycles. The summed E-state index contributed by atoms with van der Waals surface area (Å²) in [5, 5.41) is 19.1. The molecule has 2 aromatic rings. The molecule has 1 fully saturated rings. The highest BCUT2D eigenvalue weighted by molar-refractivity contribution is 6.31. The van der Waals surface area contributed by atoms with Crippen LogP contribution in [0.25, 0.3) is 0 Å². The molecule has 2 aliphatic rings. The van der Waals surface area contributed by atoms with Crippen molar-refractivity contribution in [3.63, 3.8) is 0 Å². The molecular formula is C33H46ClN9O7. The summed E-state index contributed by atoms with van der Waals surface area (Å²) in [5.41, 5.74) is 6.74. The van der Waals surface area contributed by atoms with Crippen molar-refractivity contribution in [2.45, 2.75) is 96.1 Å². The van der Waals surface area contributed by atoms with Gasteiger partial charge in [-0.25, -0.2) is 4.68 Å². The van der Waals surface area contributed by atoms with Crippen LogP contribution >= 0.6 is 11.6 Å². The number of rotatable bonds is 7. The van der Waals surface area contributed by atoms with Gasteiger partial charge in [0.25, 0.3) is 0 Å². The van der Waals surface area contributed by atoms with E-state index in [4.69, 9.17) is 22.1 Å². The lowest BCUT2D eigenvalue weighted by Gasteiger charge is -2.28. The lowest BCUT2D eigenvalue weighted by molar-refractivity contribution is -0.140. The summed E-state index contributed by atoms with van der Waals surface area (Å²) < 4.78 is 7.51. The highest BCUT2D eigenvalue weighted by Crippen LogP contribution is 2.20. The van der Waals surface area contributed by atoms with Crippen LogP contribution in [-0.2, 0) is 53.1 Å². The standard InChI is InChI=1S/C33H46ClN9O7/c1-20(2)14-24(30(35)46)38-32(48)26-19-50-18-22-16-37-41-43(22)13-6-5-11-28(44)36-17-29(45)42-12-7-10-27(42)33(49)39-25(31(47)40-26)15-21-8-3-4-9-23(21)34/h3-4,8-9,16,20,24-27H,5-7,10-15,17-19H2,1-2H3,(H2,35,46)(H,36,44)(H,38,48)(H,39,49)(H,40,47)/t24-,25-,26-,27-/m0/s1. The highest BCUT2D eigenvalue weighted by Gasteiger charge is 2.37. The molecule has 0 spiro atoms. The average molecular weight is 716 g/mol. The Hall–Kier alpha value is -4.57. The number of primary amides is 1. The fourth-order valence-corrected chi connectivity index (χ4v) is 6.13. The third-order valence-electron chi connectivity index (χ3n) is 8.58. The Labute approximate surface area is 295 Å². The van der Waals surface area contributed by atoms with Crippen molar-refractivity contribution in [2.75, 3.05) is 19.7 Å². The number of benzene rings is 1. The molecule has 6 N–H and O–H groups in total.